The average Bonchev–Trinajstić information content (AvgIpc) is 3.50. The SMILES string of the molecule is O=C(N[C@H]1CN(CCCn2ccnc2)CC[C@H]1c1ccccc1)C1Cc2ccccc2C1. The van der Waals surface area contributed by atoms with Gasteiger partial charge in [-0.05, 0) is 55.5 Å². The molecule has 5 rings (SSSR count). The third-order valence-electron chi connectivity index (χ3n) is 7.12. The van der Waals surface area contributed by atoms with Gasteiger partial charge in [0.05, 0.1) is 6.33 Å². The molecule has 5 nitrogen and oxygen atoms in total. The molecule has 0 bridgehead atoms. The number of nitrogens with one attached hydrogen (secondary N) is 1. The number of hydrogen-bond donors (Lipinski definition) is 1. The molecule has 1 fully saturated rings. The molecule has 0 spiro atoms. The van der Waals surface area contributed by atoms with Gasteiger partial charge in [-0.3, -0.25) is 4.79 Å². The van der Waals surface area contributed by atoms with Crippen molar-refractivity contribution < 1.29 is 4.79 Å². The molecular weight excluding hydrogens is 396 g/mol. The van der Waals surface area contributed by atoms with Gasteiger partial charge in [0.15, 0.2) is 0 Å². The molecule has 2 heterocycles. The molecule has 1 saturated heterocycles. The second kappa shape index (κ2) is 9.70. The van der Waals surface area contributed by atoms with Crippen molar-refractivity contribution in [3.8, 4) is 0 Å². The molecule has 1 aliphatic heterocycles. The Morgan fingerprint density at radius 1 is 1.00 bits per heavy atom. The van der Waals surface area contributed by atoms with Crippen LogP contribution in [0.3, 0.4) is 0 Å². The number of carbonyl (C=O) groups is 1. The summed E-state index contributed by atoms with van der Waals surface area (Å²) < 4.78 is 2.13. The number of carbonyl (C=O) groups excluding carboxylic acids is 1. The zero-order chi connectivity index (χ0) is 21.8. The lowest BCUT2D eigenvalue weighted by atomic mass is 9.84. The van der Waals surface area contributed by atoms with E-state index >= 15 is 0 Å². The quantitative estimate of drug-likeness (QED) is 0.625. The van der Waals surface area contributed by atoms with Crippen LogP contribution in [0, 0.1) is 5.92 Å². The van der Waals surface area contributed by atoms with Gasteiger partial charge in [0.25, 0.3) is 0 Å². The number of aryl methyl sites for hydroxylation is 1. The maximum atomic E-state index is 13.3. The summed E-state index contributed by atoms with van der Waals surface area (Å²) in [6.07, 6.45) is 9.61. The largest absolute Gasteiger partial charge is 0.351 e. The van der Waals surface area contributed by atoms with Crippen LogP contribution in [0.4, 0.5) is 0 Å². The third-order valence-corrected chi connectivity index (χ3v) is 7.12. The highest BCUT2D eigenvalue weighted by Gasteiger charge is 2.34. The van der Waals surface area contributed by atoms with E-state index in [1.807, 2.05) is 18.7 Å². The number of rotatable bonds is 7. The van der Waals surface area contributed by atoms with Gasteiger partial charge in [-0.1, -0.05) is 54.6 Å². The Hall–Kier alpha value is -2.92. The Balaban J connectivity index is 1.24. The fourth-order valence-electron chi connectivity index (χ4n) is 5.41. The summed E-state index contributed by atoms with van der Waals surface area (Å²) in [6.45, 7) is 4.01. The van der Waals surface area contributed by atoms with Gasteiger partial charge < -0.3 is 14.8 Å². The first-order valence-electron chi connectivity index (χ1n) is 11.9. The molecule has 2 atom stereocenters. The summed E-state index contributed by atoms with van der Waals surface area (Å²) in [5.74, 6) is 0.640. The van der Waals surface area contributed by atoms with E-state index in [1.165, 1.54) is 16.7 Å². The third kappa shape index (κ3) is 4.78. The van der Waals surface area contributed by atoms with Crippen molar-refractivity contribution in [3.63, 3.8) is 0 Å². The van der Waals surface area contributed by atoms with Crippen molar-refractivity contribution >= 4 is 5.91 Å². The van der Waals surface area contributed by atoms with E-state index in [-0.39, 0.29) is 17.9 Å². The second-order valence-electron chi connectivity index (χ2n) is 9.25. The Morgan fingerprint density at radius 3 is 2.47 bits per heavy atom. The lowest BCUT2D eigenvalue weighted by Gasteiger charge is -2.39. The van der Waals surface area contributed by atoms with Crippen LogP contribution in [0.25, 0.3) is 0 Å². The highest BCUT2D eigenvalue weighted by atomic mass is 16.2. The normalized spacial score (nSPS) is 21.4. The molecule has 1 N–H and O–H groups in total. The molecular formula is C27H32N4O. The predicted octanol–water partition coefficient (Wildman–Crippen LogP) is 3.66. The number of imidazole rings is 1. The fourth-order valence-corrected chi connectivity index (χ4v) is 5.41. The number of nitrogens with zero attached hydrogens (tertiary/aromatic N) is 3. The van der Waals surface area contributed by atoms with E-state index in [2.05, 4.69) is 74.4 Å². The van der Waals surface area contributed by atoms with Crippen LogP contribution in [-0.2, 0) is 24.2 Å². The number of likely N-dealkylation sites (tertiary alicyclic amines) is 1. The van der Waals surface area contributed by atoms with Gasteiger partial charge in [0.1, 0.15) is 0 Å². The second-order valence-corrected chi connectivity index (χ2v) is 9.25. The monoisotopic (exact) mass is 428 g/mol. The van der Waals surface area contributed by atoms with Crippen molar-refractivity contribution in [1.82, 2.24) is 19.8 Å². The first-order chi connectivity index (χ1) is 15.8. The Bertz CT molecular complexity index is 992. The zero-order valence-electron chi connectivity index (χ0n) is 18.6. The van der Waals surface area contributed by atoms with Crippen LogP contribution in [0.1, 0.15) is 35.4 Å². The van der Waals surface area contributed by atoms with Crippen LogP contribution in [-0.4, -0.2) is 46.0 Å². The molecule has 3 aromatic rings. The molecule has 2 aliphatic rings. The molecule has 0 unspecified atom stereocenters. The highest BCUT2D eigenvalue weighted by Crippen LogP contribution is 2.31. The minimum atomic E-state index is 0.0560. The van der Waals surface area contributed by atoms with Crippen LogP contribution in [0.15, 0.2) is 73.3 Å². The summed E-state index contributed by atoms with van der Waals surface area (Å²) in [7, 11) is 0. The maximum Gasteiger partial charge on any atom is 0.224 e. The van der Waals surface area contributed by atoms with Crippen molar-refractivity contribution in [1.29, 1.82) is 0 Å². The minimum Gasteiger partial charge on any atom is -0.351 e. The first kappa shape index (κ1) is 21.0. The van der Waals surface area contributed by atoms with Gasteiger partial charge in [0, 0.05) is 43.4 Å². The molecule has 1 amide bonds. The molecule has 1 aromatic heterocycles. The number of piperidine rings is 1. The van der Waals surface area contributed by atoms with Gasteiger partial charge in [0.2, 0.25) is 5.91 Å². The molecule has 166 valence electrons. The van der Waals surface area contributed by atoms with Crippen molar-refractivity contribution in [3.05, 3.63) is 90.0 Å². The average molecular weight is 429 g/mol. The van der Waals surface area contributed by atoms with Gasteiger partial charge >= 0.3 is 0 Å². The molecule has 1 aliphatic carbocycles. The summed E-state index contributed by atoms with van der Waals surface area (Å²) >= 11 is 0. The topological polar surface area (TPSA) is 50.2 Å². The van der Waals surface area contributed by atoms with Crippen LogP contribution in [0.2, 0.25) is 0 Å². The van der Waals surface area contributed by atoms with Crippen LogP contribution < -0.4 is 5.32 Å². The predicted molar refractivity (Wildman–Crippen MR) is 126 cm³/mol. The fraction of sp³-hybridized carbons (Fsp3) is 0.407. The molecule has 5 heteroatoms. The summed E-state index contributed by atoms with van der Waals surface area (Å²) in [5.41, 5.74) is 4.00. The summed E-state index contributed by atoms with van der Waals surface area (Å²) in [5, 5.41) is 3.48. The zero-order valence-corrected chi connectivity index (χ0v) is 18.6. The van der Waals surface area contributed by atoms with E-state index in [0.717, 1.165) is 51.9 Å². The van der Waals surface area contributed by atoms with E-state index in [4.69, 9.17) is 0 Å². The number of fused-ring (bicyclic) bond motifs is 1. The summed E-state index contributed by atoms with van der Waals surface area (Å²) in [6, 6.07) is 19.3. The maximum absolute atomic E-state index is 13.3. The highest BCUT2D eigenvalue weighted by molar-refractivity contribution is 5.80. The molecule has 2 aromatic carbocycles. The van der Waals surface area contributed by atoms with Crippen LogP contribution >= 0.6 is 0 Å². The number of amides is 1. The lowest BCUT2D eigenvalue weighted by Crippen LogP contribution is -2.53. The number of benzene rings is 2. The lowest BCUT2D eigenvalue weighted by molar-refractivity contribution is -0.126. The molecule has 0 radical (unpaired) electrons. The first-order valence-corrected chi connectivity index (χ1v) is 11.9. The van der Waals surface area contributed by atoms with E-state index in [9.17, 15) is 4.79 Å². The minimum absolute atomic E-state index is 0.0560. The van der Waals surface area contributed by atoms with Crippen molar-refractivity contribution in [2.75, 3.05) is 19.6 Å². The van der Waals surface area contributed by atoms with Crippen molar-refractivity contribution in [2.24, 2.45) is 5.92 Å². The molecule has 0 saturated carbocycles. The van der Waals surface area contributed by atoms with Gasteiger partial charge in [-0.15, -0.1) is 0 Å². The van der Waals surface area contributed by atoms with Crippen molar-refractivity contribution in [2.45, 2.75) is 44.2 Å². The number of hydrogen-bond acceptors (Lipinski definition) is 3. The van der Waals surface area contributed by atoms with E-state index in [1.54, 1.807) is 0 Å². The van der Waals surface area contributed by atoms with Crippen LogP contribution in [0.5, 0.6) is 0 Å². The van der Waals surface area contributed by atoms with Gasteiger partial charge in [-0.25, -0.2) is 4.98 Å². The van der Waals surface area contributed by atoms with E-state index < -0.39 is 0 Å². The standard InChI is InChI=1S/C27H32N4O/c32-27(24-17-22-9-4-5-10-23(22)18-24)29-26-19-30(13-6-14-31-16-12-28-20-31)15-11-25(26)21-7-2-1-3-8-21/h1-5,7-10,12,16,20,24-26H,6,11,13-15,17-19H2,(H,29,32)/t25-,26-/m0/s1. The smallest absolute Gasteiger partial charge is 0.224 e. The Morgan fingerprint density at radius 2 is 1.75 bits per heavy atom. The van der Waals surface area contributed by atoms with E-state index in [0.29, 0.717) is 5.92 Å². The number of aromatic nitrogens is 2. The van der Waals surface area contributed by atoms with Gasteiger partial charge in [-0.2, -0.15) is 0 Å². The Kier molecular flexibility index (Phi) is 6.35. The Labute approximate surface area is 190 Å². The summed E-state index contributed by atoms with van der Waals surface area (Å²) in [4.78, 5) is 19.9. The molecule has 32 heavy (non-hydrogen) atoms.